The van der Waals surface area contributed by atoms with E-state index >= 15 is 0 Å². The highest BCUT2D eigenvalue weighted by Crippen LogP contribution is 2.19. The average Bonchev–Trinajstić information content (AvgIpc) is 2.19. The first-order valence-electron chi connectivity index (χ1n) is 4.98. The summed E-state index contributed by atoms with van der Waals surface area (Å²) in [7, 11) is 0. The maximum absolute atomic E-state index is 10.6. The fourth-order valence-electron chi connectivity index (χ4n) is 1.30. The van der Waals surface area contributed by atoms with Gasteiger partial charge < -0.3 is 5.11 Å². The molecule has 15 heavy (non-hydrogen) atoms. The van der Waals surface area contributed by atoms with Crippen molar-refractivity contribution >= 4 is 21.9 Å². The van der Waals surface area contributed by atoms with Crippen LogP contribution in [0.3, 0.4) is 0 Å². The minimum atomic E-state index is -0.721. The van der Waals surface area contributed by atoms with Gasteiger partial charge in [0.25, 0.3) is 0 Å². The van der Waals surface area contributed by atoms with Crippen LogP contribution in [-0.2, 0) is 11.2 Å². The Morgan fingerprint density at radius 2 is 2.20 bits per heavy atom. The van der Waals surface area contributed by atoms with Gasteiger partial charge in [0, 0.05) is 4.47 Å². The van der Waals surface area contributed by atoms with Crippen molar-refractivity contribution in [3.63, 3.8) is 0 Å². The first kappa shape index (κ1) is 12.2. The van der Waals surface area contributed by atoms with Gasteiger partial charge in [0.05, 0.1) is 5.92 Å². The van der Waals surface area contributed by atoms with E-state index in [1.807, 2.05) is 13.0 Å². The van der Waals surface area contributed by atoms with E-state index in [9.17, 15) is 4.79 Å². The lowest BCUT2D eigenvalue weighted by Gasteiger charge is -2.07. The van der Waals surface area contributed by atoms with Crippen molar-refractivity contribution in [2.75, 3.05) is 0 Å². The van der Waals surface area contributed by atoms with Gasteiger partial charge in [0.15, 0.2) is 0 Å². The first-order valence-corrected chi connectivity index (χ1v) is 5.78. The third kappa shape index (κ3) is 3.67. The minimum absolute atomic E-state index is 0.273. The molecule has 0 saturated heterocycles. The zero-order valence-electron chi connectivity index (χ0n) is 8.96. The Bertz CT molecular complexity index is 361. The van der Waals surface area contributed by atoms with Crippen molar-refractivity contribution in [1.29, 1.82) is 0 Å². The molecule has 0 heterocycles. The van der Waals surface area contributed by atoms with Gasteiger partial charge in [0.1, 0.15) is 0 Å². The van der Waals surface area contributed by atoms with Crippen molar-refractivity contribution in [3.8, 4) is 0 Å². The van der Waals surface area contributed by atoms with Crippen LogP contribution in [0.1, 0.15) is 24.5 Å². The van der Waals surface area contributed by atoms with Crippen LogP contribution in [0, 0.1) is 12.8 Å². The second-order valence-electron chi connectivity index (χ2n) is 3.86. The number of aryl methyl sites for hydroxylation is 2. The van der Waals surface area contributed by atoms with E-state index in [0.29, 0.717) is 6.42 Å². The standard InChI is InChI=1S/C12H15BrO2/c1-8-3-5-10(7-11(8)13)6-4-9(2)12(14)15/h3,5,7,9H,4,6H2,1-2H3,(H,14,15). The molecule has 0 radical (unpaired) electrons. The van der Waals surface area contributed by atoms with Crippen molar-refractivity contribution in [1.82, 2.24) is 0 Å². The van der Waals surface area contributed by atoms with E-state index in [1.165, 1.54) is 11.1 Å². The Labute approximate surface area is 98.4 Å². The lowest BCUT2D eigenvalue weighted by Crippen LogP contribution is -2.10. The summed E-state index contributed by atoms with van der Waals surface area (Å²) >= 11 is 3.47. The molecule has 0 aliphatic rings. The molecule has 0 spiro atoms. The summed E-state index contributed by atoms with van der Waals surface area (Å²) < 4.78 is 1.09. The van der Waals surface area contributed by atoms with Gasteiger partial charge in [-0.2, -0.15) is 0 Å². The third-order valence-electron chi connectivity index (χ3n) is 2.52. The van der Waals surface area contributed by atoms with Gasteiger partial charge >= 0.3 is 5.97 Å². The number of hydrogen-bond acceptors (Lipinski definition) is 1. The van der Waals surface area contributed by atoms with E-state index < -0.39 is 5.97 Å². The molecule has 0 aromatic heterocycles. The Morgan fingerprint density at radius 1 is 1.53 bits per heavy atom. The molecule has 1 N–H and O–H groups in total. The predicted molar refractivity (Wildman–Crippen MR) is 64.0 cm³/mol. The zero-order chi connectivity index (χ0) is 11.4. The Balaban J connectivity index is 2.58. The fraction of sp³-hybridized carbons (Fsp3) is 0.417. The highest BCUT2D eigenvalue weighted by atomic mass is 79.9. The van der Waals surface area contributed by atoms with Gasteiger partial charge in [0.2, 0.25) is 0 Å². The van der Waals surface area contributed by atoms with E-state index in [0.717, 1.165) is 10.9 Å². The molecular weight excluding hydrogens is 256 g/mol. The third-order valence-corrected chi connectivity index (χ3v) is 3.38. The van der Waals surface area contributed by atoms with Crippen LogP contribution in [-0.4, -0.2) is 11.1 Å². The van der Waals surface area contributed by atoms with Crippen molar-refractivity contribution in [3.05, 3.63) is 33.8 Å². The zero-order valence-corrected chi connectivity index (χ0v) is 10.5. The SMILES string of the molecule is Cc1ccc(CCC(C)C(=O)O)cc1Br. The number of carbonyl (C=O) groups is 1. The summed E-state index contributed by atoms with van der Waals surface area (Å²) in [6, 6.07) is 6.16. The molecule has 0 aliphatic carbocycles. The predicted octanol–water partition coefficient (Wildman–Crippen LogP) is 3.41. The largest absolute Gasteiger partial charge is 0.481 e. The van der Waals surface area contributed by atoms with Crippen LogP contribution < -0.4 is 0 Å². The summed E-state index contributed by atoms with van der Waals surface area (Å²) in [5.74, 6) is -0.994. The molecule has 2 nitrogen and oxygen atoms in total. The molecule has 1 atom stereocenters. The fourth-order valence-corrected chi connectivity index (χ4v) is 1.72. The van der Waals surface area contributed by atoms with Gasteiger partial charge in [-0.1, -0.05) is 35.0 Å². The van der Waals surface area contributed by atoms with Crippen LogP contribution >= 0.6 is 15.9 Å². The van der Waals surface area contributed by atoms with E-state index in [-0.39, 0.29) is 5.92 Å². The maximum atomic E-state index is 10.6. The molecule has 1 aromatic rings. The molecule has 1 unspecified atom stereocenters. The number of hydrogen-bond donors (Lipinski definition) is 1. The number of benzene rings is 1. The summed E-state index contributed by atoms with van der Waals surface area (Å²) in [6.07, 6.45) is 1.50. The summed E-state index contributed by atoms with van der Waals surface area (Å²) in [6.45, 7) is 3.78. The highest BCUT2D eigenvalue weighted by molar-refractivity contribution is 9.10. The van der Waals surface area contributed by atoms with Crippen molar-refractivity contribution in [2.45, 2.75) is 26.7 Å². The molecule has 0 bridgehead atoms. The van der Waals surface area contributed by atoms with Crippen molar-refractivity contribution in [2.24, 2.45) is 5.92 Å². The maximum Gasteiger partial charge on any atom is 0.306 e. The number of rotatable bonds is 4. The lowest BCUT2D eigenvalue weighted by atomic mass is 10.0. The Morgan fingerprint density at radius 3 is 2.73 bits per heavy atom. The number of aliphatic carboxylic acids is 1. The Hall–Kier alpha value is -0.830. The van der Waals surface area contributed by atoms with Gasteiger partial charge in [-0.05, 0) is 37.0 Å². The topological polar surface area (TPSA) is 37.3 Å². The van der Waals surface area contributed by atoms with Crippen LogP contribution in [0.4, 0.5) is 0 Å². The molecule has 0 aliphatic heterocycles. The molecule has 3 heteroatoms. The van der Waals surface area contributed by atoms with Crippen LogP contribution in [0.5, 0.6) is 0 Å². The quantitative estimate of drug-likeness (QED) is 0.911. The van der Waals surface area contributed by atoms with E-state index in [1.54, 1.807) is 6.92 Å². The molecule has 0 fully saturated rings. The summed E-state index contributed by atoms with van der Waals surface area (Å²) in [5, 5.41) is 8.75. The normalized spacial score (nSPS) is 12.5. The molecule has 1 aromatic carbocycles. The second kappa shape index (κ2) is 5.31. The number of carboxylic acid groups (broad SMARTS) is 1. The van der Waals surface area contributed by atoms with Crippen molar-refractivity contribution < 1.29 is 9.90 Å². The smallest absolute Gasteiger partial charge is 0.306 e. The van der Waals surface area contributed by atoms with Gasteiger partial charge in [-0.25, -0.2) is 0 Å². The molecule has 0 saturated carbocycles. The van der Waals surface area contributed by atoms with Crippen LogP contribution in [0.25, 0.3) is 0 Å². The number of carboxylic acids is 1. The molecule has 0 amide bonds. The monoisotopic (exact) mass is 270 g/mol. The lowest BCUT2D eigenvalue weighted by molar-refractivity contribution is -0.141. The highest BCUT2D eigenvalue weighted by Gasteiger charge is 2.10. The first-order chi connectivity index (χ1) is 7.00. The Kier molecular flexibility index (Phi) is 4.33. The average molecular weight is 271 g/mol. The summed E-state index contributed by atoms with van der Waals surface area (Å²) in [5.41, 5.74) is 2.38. The van der Waals surface area contributed by atoms with Gasteiger partial charge in [-0.3, -0.25) is 4.79 Å². The van der Waals surface area contributed by atoms with Crippen LogP contribution in [0.2, 0.25) is 0 Å². The van der Waals surface area contributed by atoms with Crippen LogP contribution in [0.15, 0.2) is 22.7 Å². The van der Waals surface area contributed by atoms with E-state index in [4.69, 9.17) is 5.11 Å². The molecule has 82 valence electrons. The van der Waals surface area contributed by atoms with Gasteiger partial charge in [-0.15, -0.1) is 0 Å². The number of halogens is 1. The molecular formula is C12H15BrO2. The summed E-state index contributed by atoms with van der Waals surface area (Å²) in [4.78, 5) is 10.6. The molecule has 1 rings (SSSR count). The van der Waals surface area contributed by atoms with E-state index in [2.05, 4.69) is 28.1 Å². The second-order valence-corrected chi connectivity index (χ2v) is 4.72. The minimum Gasteiger partial charge on any atom is -0.481 e.